The molecule has 0 bridgehead atoms. The Labute approximate surface area is 197 Å². The quantitative estimate of drug-likeness (QED) is 0.309. The van der Waals surface area contributed by atoms with Gasteiger partial charge in [0.1, 0.15) is 11.5 Å². The van der Waals surface area contributed by atoms with Gasteiger partial charge in [-0.3, -0.25) is 19.6 Å². The van der Waals surface area contributed by atoms with Crippen LogP contribution < -0.4 is 10.1 Å². The Morgan fingerprint density at radius 1 is 1.12 bits per heavy atom. The average Bonchev–Trinajstić information content (AvgIpc) is 3.00. The lowest BCUT2D eigenvalue weighted by Gasteiger charge is -2.11. The van der Waals surface area contributed by atoms with Gasteiger partial charge in [0.2, 0.25) is 5.91 Å². The number of ether oxygens (including phenoxy) is 1. The summed E-state index contributed by atoms with van der Waals surface area (Å²) in [6.45, 7) is 4.95. The van der Waals surface area contributed by atoms with E-state index in [0.717, 1.165) is 21.9 Å². The molecule has 0 aliphatic carbocycles. The fourth-order valence-corrected chi connectivity index (χ4v) is 3.54. The number of benzene rings is 2. The highest BCUT2D eigenvalue weighted by atomic mass is 35.5. The number of halogens is 4. The average molecular weight is 497 g/mol. The molecule has 8 nitrogen and oxygen atoms in total. The molecule has 0 aliphatic heterocycles. The van der Waals surface area contributed by atoms with Crippen LogP contribution in [0.5, 0.6) is 11.5 Å². The van der Waals surface area contributed by atoms with E-state index >= 15 is 0 Å². The molecule has 0 saturated carbocycles. The lowest BCUT2D eigenvalue weighted by atomic mass is 10.1. The van der Waals surface area contributed by atoms with Gasteiger partial charge in [-0.2, -0.15) is 18.3 Å². The highest BCUT2D eigenvalue weighted by Crippen LogP contribution is 2.35. The molecule has 0 atom stereocenters. The van der Waals surface area contributed by atoms with E-state index in [-0.39, 0.29) is 35.8 Å². The summed E-state index contributed by atoms with van der Waals surface area (Å²) < 4.78 is 45.6. The van der Waals surface area contributed by atoms with Crippen LogP contribution in [0.3, 0.4) is 0 Å². The summed E-state index contributed by atoms with van der Waals surface area (Å²) in [7, 11) is 0. The van der Waals surface area contributed by atoms with Gasteiger partial charge in [-0.25, -0.2) is 0 Å². The Hall–Kier alpha value is -3.60. The van der Waals surface area contributed by atoms with Crippen LogP contribution in [0.2, 0.25) is 5.02 Å². The maximum Gasteiger partial charge on any atom is 0.436 e. The van der Waals surface area contributed by atoms with Crippen LogP contribution in [0.1, 0.15) is 28.9 Å². The highest BCUT2D eigenvalue weighted by molar-refractivity contribution is 6.31. The molecule has 0 spiro atoms. The fourth-order valence-electron chi connectivity index (χ4n) is 3.30. The number of nitro benzene ring substituents is 1. The number of hydrogen-bond donors (Lipinski definition) is 1. The maximum atomic E-state index is 13.0. The van der Waals surface area contributed by atoms with Crippen LogP contribution in [-0.2, 0) is 17.5 Å². The van der Waals surface area contributed by atoms with Crippen molar-refractivity contribution in [1.82, 2.24) is 9.78 Å². The van der Waals surface area contributed by atoms with Crippen molar-refractivity contribution in [3.63, 3.8) is 0 Å². The molecule has 180 valence electrons. The van der Waals surface area contributed by atoms with E-state index in [1.165, 1.54) is 19.1 Å². The SMILES string of the molecule is Cc1cc(C)cc(Oc2cc(NC(=O)CCn3nc(C(F)(F)F)c(Cl)c3C)cc([N+](=O)[O-])c2)c1. The van der Waals surface area contributed by atoms with Gasteiger partial charge in [0.25, 0.3) is 5.69 Å². The van der Waals surface area contributed by atoms with Crippen molar-refractivity contribution in [3.8, 4) is 11.5 Å². The van der Waals surface area contributed by atoms with E-state index < -0.39 is 27.7 Å². The van der Waals surface area contributed by atoms with Crippen LogP contribution in [-0.4, -0.2) is 20.6 Å². The molecule has 12 heteroatoms. The Balaban J connectivity index is 1.75. The molecular weight excluding hydrogens is 477 g/mol. The molecule has 1 amide bonds. The number of aryl methyl sites for hydroxylation is 3. The van der Waals surface area contributed by atoms with Crippen molar-refractivity contribution in [2.24, 2.45) is 0 Å². The number of carbonyl (C=O) groups is 1. The minimum atomic E-state index is -4.72. The largest absolute Gasteiger partial charge is 0.457 e. The number of hydrogen-bond acceptors (Lipinski definition) is 5. The van der Waals surface area contributed by atoms with Crippen LogP contribution in [0.25, 0.3) is 0 Å². The van der Waals surface area contributed by atoms with E-state index in [2.05, 4.69) is 10.4 Å². The van der Waals surface area contributed by atoms with Crippen molar-refractivity contribution in [2.45, 2.75) is 39.9 Å². The molecule has 0 fully saturated rings. The summed E-state index contributed by atoms with van der Waals surface area (Å²) in [4.78, 5) is 23.1. The number of alkyl halides is 3. The molecule has 1 heterocycles. The van der Waals surface area contributed by atoms with E-state index in [4.69, 9.17) is 16.3 Å². The monoisotopic (exact) mass is 496 g/mol. The van der Waals surface area contributed by atoms with E-state index in [1.54, 1.807) is 12.1 Å². The third-order valence-electron chi connectivity index (χ3n) is 4.77. The zero-order valence-corrected chi connectivity index (χ0v) is 19.1. The van der Waals surface area contributed by atoms with Gasteiger partial charge in [0.15, 0.2) is 5.69 Å². The van der Waals surface area contributed by atoms with Crippen molar-refractivity contribution in [1.29, 1.82) is 0 Å². The first-order valence-corrected chi connectivity index (χ1v) is 10.4. The zero-order chi connectivity index (χ0) is 25.2. The van der Waals surface area contributed by atoms with E-state index in [1.807, 2.05) is 19.9 Å². The van der Waals surface area contributed by atoms with Gasteiger partial charge in [0, 0.05) is 18.6 Å². The Morgan fingerprint density at radius 2 is 1.74 bits per heavy atom. The molecule has 0 radical (unpaired) electrons. The molecule has 0 aliphatic rings. The predicted octanol–water partition coefficient (Wildman–Crippen LogP) is 6.21. The smallest absolute Gasteiger partial charge is 0.436 e. The first kappa shape index (κ1) is 25.0. The molecular formula is C22H20ClF3N4O4. The summed E-state index contributed by atoms with van der Waals surface area (Å²) in [6, 6.07) is 9.26. The molecule has 3 aromatic rings. The van der Waals surface area contributed by atoms with Crippen LogP contribution in [0.4, 0.5) is 24.5 Å². The second-order valence-electron chi connectivity index (χ2n) is 7.67. The molecule has 34 heavy (non-hydrogen) atoms. The second kappa shape index (κ2) is 9.72. The number of nitrogens with zero attached hydrogens (tertiary/aromatic N) is 3. The fraction of sp³-hybridized carbons (Fsp3) is 0.273. The third kappa shape index (κ3) is 6.04. The number of aromatic nitrogens is 2. The topological polar surface area (TPSA) is 99.3 Å². The summed E-state index contributed by atoms with van der Waals surface area (Å²) in [6.07, 6.45) is -4.96. The zero-order valence-electron chi connectivity index (χ0n) is 18.4. The lowest BCUT2D eigenvalue weighted by molar-refractivity contribution is -0.384. The third-order valence-corrected chi connectivity index (χ3v) is 5.22. The number of non-ortho nitro benzene ring substituents is 1. The minimum absolute atomic E-state index is 0.0706. The minimum Gasteiger partial charge on any atom is -0.457 e. The normalized spacial score (nSPS) is 11.4. The van der Waals surface area contributed by atoms with Gasteiger partial charge in [0.05, 0.1) is 33.9 Å². The molecule has 1 aromatic heterocycles. The standard InChI is InChI=1S/C22H20ClF3N4O4/c1-12-6-13(2)8-17(7-12)34-18-10-15(9-16(11-18)30(32)33)27-19(31)4-5-29-14(3)20(23)21(28-29)22(24,25)26/h6-11H,4-5H2,1-3H3,(H,27,31). The number of nitro groups is 1. The van der Waals surface area contributed by atoms with Gasteiger partial charge in [-0.1, -0.05) is 17.7 Å². The van der Waals surface area contributed by atoms with E-state index in [0.29, 0.717) is 5.75 Å². The van der Waals surface area contributed by atoms with Gasteiger partial charge in [-0.05, 0) is 44.0 Å². The molecule has 2 aromatic carbocycles. The molecule has 0 saturated heterocycles. The molecule has 0 unspecified atom stereocenters. The number of carbonyl (C=O) groups excluding carboxylic acids is 1. The van der Waals surface area contributed by atoms with Gasteiger partial charge < -0.3 is 10.1 Å². The van der Waals surface area contributed by atoms with Crippen molar-refractivity contribution < 1.29 is 27.6 Å². The molecule has 1 N–H and O–H groups in total. The molecule has 3 rings (SSSR count). The van der Waals surface area contributed by atoms with Crippen LogP contribution >= 0.6 is 11.6 Å². The van der Waals surface area contributed by atoms with Crippen LogP contribution in [0.15, 0.2) is 36.4 Å². The van der Waals surface area contributed by atoms with Crippen LogP contribution in [0, 0.1) is 30.9 Å². The van der Waals surface area contributed by atoms with Gasteiger partial charge in [-0.15, -0.1) is 0 Å². The Bertz CT molecular complexity index is 1240. The predicted molar refractivity (Wildman–Crippen MR) is 119 cm³/mol. The van der Waals surface area contributed by atoms with Gasteiger partial charge >= 0.3 is 6.18 Å². The Morgan fingerprint density at radius 3 is 2.29 bits per heavy atom. The summed E-state index contributed by atoms with van der Waals surface area (Å²) in [5, 5.41) is 16.8. The van der Waals surface area contributed by atoms with Crippen molar-refractivity contribution >= 4 is 28.9 Å². The first-order valence-electron chi connectivity index (χ1n) is 9.99. The summed E-state index contributed by atoms with van der Waals surface area (Å²) >= 11 is 5.71. The maximum absolute atomic E-state index is 13.0. The summed E-state index contributed by atoms with van der Waals surface area (Å²) in [5.41, 5.74) is 0.528. The number of anilines is 1. The number of rotatable bonds is 7. The second-order valence-corrected chi connectivity index (χ2v) is 8.04. The lowest BCUT2D eigenvalue weighted by Crippen LogP contribution is -2.16. The van der Waals surface area contributed by atoms with Crippen molar-refractivity contribution in [3.05, 3.63) is 74.0 Å². The first-order chi connectivity index (χ1) is 15.8. The highest BCUT2D eigenvalue weighted by Gasteiger charge is 2.38. The van der Waals surface area contributed by atoms with E-state index in [9.17, 15) is 28.1 Å². The number of nitrogens with one attached hydrogen (secondary N) is 1. The van der Waals surface area contributed by atoms with Crippen molar-refractivity contribution in [2.75, 3.05) is 5.32 Å². The summed E-state index contributed by atoms with van der Waals surface area (Å²) in [5.74, 6) is 0.0261. The number of amides is 1. The Kier molecular flexibility index (Phi) is 7.15.